The van der Waals surface area contributed by atoms with E-state index in [0.717, 1.165) is 28.6 Å². The minimum atomic E-state index is -0.224. The smallest absolute Gasteiger partial charge is 0.273 e. The Labute approximate surface area is 206 Å². The molecule has 3 aromatic carbocycles. The van der Waals surface area contributed by atoms with Gasteiger partial charge in [0.15, 0.2) is 0 Å². The van der Waals surface area contributed by atoms with E-state index in [1.165, 1.54) is 10.2 Å². The Kier molecular flexibility index (Phi) is 5.19. The third-order valence-corrected chi connectivity index (χ3v) is 6.29. The molecule has 1 aliphatic rings. The highest BCUT2D eigenvalue weighted by molar-refractivity contribution is 6.05. The molecular formula is C28H22N6O2. The van der Waals surface area contributed by atoms with E-state index in [2.05, 4.69) is 26.9 Å². The van der Waals surface area contributed by atoms with E-state index in [-0.39, 0.29) is 11.8 Å². The summed E-state index contributed by atoms with van der Waals surface area (Å²) >= 11 is 0. The van der Waals surface area contributed by atoms with E-state index in [1.54, 1.807) is 25.5 Å². The molecule has 0 unspecified atom stereocenters. The van der Waals surface area contributed by atoms with Gasteiger partial charge in [-0.3, -0.25) is 14.3 Å². The monoisotopic (exact) mass is 474 g/mol. The summed E-state index contributed by atoms with van der Waals surface area (Å²) in [7, 11) is 1.72. The number of aryl methyl sites for hydroxylation is 1. The molecule has 6 rings (SSSR count). The van der Waals surface area contributed by atoms with Crippen LogP contribution in [0.4, 0.5) is 11.4 Å². The van der Waals surface area contributed by atoms with Crippen molar-refractivity contribution in [3.63, 3.8) is 0 Å². The fourth-order valence-corrected chi connectivity index (χ4v) is 4.39. The van der Waals surface area contributed by atoms with Crippen LogP contribution in [0.3, 0.4) is 0 Å². The van der Waals surface area contributed by atoms with Crippen LogP contribution in [0.5, 0.6) is 0 Å². The molecule has 0 fully saturated rings. The highest BCUT2D eigenvalue weighted by Gasteiger charge is 2.13. The Morgan fingerprint density at radius 2 is 1.67 bits per heavy atom. The van der Waals surface area contributed by atoms with Crippen molar-refractivity contribution < 1.29 is 9.59 Å². The summed E-state index contributed by atoms with van der Waals surface area (Å²) in [6.07, 6.45) is 8.42. The van der Waals surface area contributed by atoms with Crippen LogP contribution < -0.4 is 10.6 Å². The quantitative estimate of drug-likeness (QED) is 0.381. The lowest BCUT2D eigenvalue weighted by atomic mass is 10.1. The zero-order valence-corrected chi connectivity index (χ0v) is 19.5. The number of nitrogens with one attached hydrogen (secondary N) is 2. The molecule has 0 atom stereocenters. The molecule has 176 valence electrons. The standard InChI is InChI=1S/C28H22N6O2/c1-33-26(13-14-29-33)28(36)31-22-7-10-24(11-8-22)34-25-12-9-23(16-21(25)17-30-34)32-27(35)20-6-5-18-3-2-4-19(18)15-20/h2,4-17H,3H2,1H3,(H,31,36)(H,32,35). The summed E-state index contributed by atoms with van der Waals surface area (Å²) in [5.41, 5.74) is 6.59. The van der Waals surface area contributed by atoms with Gasteiger partial charge < -0.3 is 10.6 Å². The lowest BCUT2D eigenvalue weighted by Crippen LogP contribution is -2.16. The zero-order chi connectivity index (χ0) is 24.6. The molecule has 1 aliphatic carbocycles. The highest BCUT2D eigenvalue weighted by atomic mass is 16.2. The maximum atomic E-state index is 12.8. The van der Waals surface area contributed by atoms with Crippen LogP contribution >= 0.6 is 0 Å². The topological polar surface area (TPSA) is 93.8 Å². The second-order valence-corrected chi connectivity index (χ2v) is 8.65. The number of carbonyl (C=O) groups excluding carboxylic acids is 2. The molecule has 2 aromatic heterocycles. The average Bonchev–Trinajstić information content (AvgIpc) is 3.63. The van der Waals surface area contributed by atoms with E-state index in [1.807, 2.05) is 71.4 Å². The van der Waals surface area contributed by atoms with Gasteiger partial charge in [0.05, 0.1) is 17.4 Å². The number of benzene rings is 3. The van der Waals surface area contributed by atoms with Gasteiger partial charge >= 0.3 is 0 Å². The molecule has 0 aliphatic heterocycles. The third-order valence-electron chi connectivity index (χ3n) is 6.29. The van der Waals surface area contributed by atoms with Crippen molar-refractivity contribution in [3.05, 3.63) is 108 Å². The summed E-state index contributed by atoms with van der Waals surface area (Å²) in [5, 5.41) is 15.3. The van der Waals surface area contributed by atoms with E-state index in [0.29, 0.717) is 22.6 Å². The number of hydrogen-bond donors (Lipinski definition) is 2. The van der Waals surface area contributed by atoms with E-state index in [4.69, 9.17) is 0 Å². The van der Waals surface area contributed by atoms with Crippen LogP contribution in [-0.2, 0) is 13.5 Å². The van der Waals surface area contributed by atoms with Crippen LogP contribution in [0.1, 0.15) is 32.0 Å². The van der Waals surface area contributed by atoms with Gasteiger partial charge in [-0.2, -0.15) is 10.2 Å². The van der Waals surface area contributed by atoms with Crippen LogP contribution in [0, 0.1) is 0 Å². The fourth-order valence-electron chi connectivity index (χ4n) is 4.39. The molecule has 8 heteroatoms. The van der Waals surface area contributed by atoms with Gasteiger partial charge in [0.25, 0.3) is 11.8 Å². The number of amides is 2. The van der Waals surface area contributed by atoms with Gasteiger partial charge in [0.2, 0.25) is 0 Å². The molecule has 0 bridgehead atoms. The Morgan fingerprint density at radius 3 is 2.47 bits per heavy atom. The number of aromatic nitrogens is 4. The Bertz CT molecular complexity index is 1660. The minimum Gasteiger partial charge on any atom is -0.322 e. The number of carbonyl (C=O) groups is 2. The van der Waals surface area contributed by atoms with Crippen molar-refractivity contribution in [2.75, 3.05) is 10.6 Å². The first-order valence-corrected chi connectivity index (χ1v) is 11.5. The lowest BCUT2D eigenvalue weighted by molar-refractivity contribution is 0.101. The van der Waals surface area contributed by atoms with Crippen LogP contribution in [0.2, 0.25) is 0 Å². The van der Waals surface area contributed by atoms with E-state index < -0.39 is 0 Å². The zero-order valence-electron chi connectivity index (χ0n) is 19.5. The first-order chi connectivity index (χ1) is 17.5. The number of fused-ring (bicyclic) bond motifs is 2. The Morgan fingerprint density at radius 1 is 0.861 bits per heavy atom. The number of allylic oxidation sites excluding steroid dienone is 1. The number of nitrogens with zero attached hydrogens (tertiary/aromatic N) is 4. The van der Waals surface area contributed by atoms with Gasteiger partial charge in [-0.15, -0.1) is 0 Å². The highest BCUT2D eigenvalue weighted by Crippen LogP contribution is 2.25. The van der Waals surface area contributed by atoms with Crippen LogP contribution in [0.15, 0.2) is 85.2 Å². The molecular weight excluding hydrogens is 452 g/mol. The van der Waals surface area contributed by atoms with Crippen LogP contribution in [-0.4, -0.2) is 31.4 Å². The molecule has 0 saturated carbocycles. The Balaban J connectivity index is 1.18. The van der Waals surface area contributed by atoms with Crippen molar-refractivity contribution in [2.45, 2.75) is 6.42 Å². The minimum absolute atomic E-state index is 0.145. The summed E-state index contributed by atoms with van der Waals surface area (Å²) in [6.45, 7) is 0. The molecule has 2 heterocycles. The fraction of sp³-hybridized carbons (Fsp3) is 0.0714. The van der Waals surface area contributed by atoms with E-state index >= 15 is 0 Å². The van der Waals surface area contributed by atoms with Crippen molar-refractivity contribution in [2.24, 2.45) is 7.05 Å². The summed E-state index contributed by atoms with van der Waals surface area (Å²) in [5.74, 6) is -0.369. The van der Waals surface area contributed by atoms with Crippen molar-refractivity contribution in [3.8, 4) is 5.69 Å². The summed E-state index contributed by atoms with van der Waals surface area (Å²) < 4.78 is 3.35. The largest absolute Gasteiger partial charge is 0.322 e. The van der Waals surface area contributed by atoms with Crippen molar-refractivity contribution in [1.82, 2.24) is 19.6 Å². The molecule has 36 heavy (non-hydrogen) atoms. The van der Waals surface area contributed by atoms with Crippen molar-refractivity contribution in [1.29, 1.82) is 0 Å². The van der Waals surface area contributed by atoms with Gasteiger partial charge in [-0.25, -0.2) is 4.68 Å². The maximum Gasteiger partial charge on any atom is 0.273 e. The lowest BCUT2D eigenvalue weighted by Gasteiger charge is -2.09. The second-order valence-electron chi connectivity index (χ2n) is 8.65. The molecule has 5 aromatic rings. The number of rotatable bonds is 5. The predicted molar refractivity (Wildman–Crippen MR) is 139 cm³/mol. The molecule has 0 radical (unpaired) electrons. The summed E-state index contributed by atoms with van der Waals surface area (Å²) in [4.78, 5) is 25.2. The number of hydrogen-bond acceptors (Lipinski definition) is 4. The molecule has 2 amide bonds. The Hall–Kier alpha value is -4.98. The van der Waals surface area contributed by atoms with Crippen molar-refractivity contribution >= 4 is 40.2 Å². The van der Waals surface area contributed by atoms with Crippen LogP contribution in [0.25, 0.3) is 22.7 Å². The molecule has 0 spiro atoms. The van der Waals surface area contributed by atoms with E-state index in [9.17, 15) is 9.59 Å². The van der Waals surface area contributed by atoms with Gasteiger partial charge in [-0.05, 0) is 78.2 Å². The first-order valence-electron chi connectivity index (χ1n) is 11.5. The average molecular weight is 475 g/mol. The summed E-state index contributed by atoms with van der Waals surface area (Å²) in [6, 6.07) is 20.6. The maximum absolute atomic E-state index is 12.8. The number of anilines is 2. The third kappa shape index (κ3) is 3.94. The molecule has 2 N–H and O–H groups in total. The normalized spacial score (nSPS) is 12.0. The molecule has 0 saturated heterocycles. The second kappa shape index (κ2) is 8.66. The van der Waals surface area contributed by atoms with Gasteiger partial charge in [0, 0.05) is 35.6 Å². The SMILES string of the molecule is Cn1nccc1C(=O)Nc1ccc(-n2ncc3cc(NC(=O)c4ccc5c(c4)C=CC5)ccc32)cc1. The van der Waals surface area contributed by atoms with Gasteiger partial charge in [-0.1, -0.05) is 18.2 Å². The first kappa shape index (κ1) is 21.5. The predicted octanol–water partition coefficient (Wildman–Crippen LogP) is 4.83. The van der Waals surface area contributed by atoms with Gasteiger partial charge in [0.1, 0.15) is 5.69 Å². The molecule has 8 nitrogen and oxygen atoms in total.